The lowest BCUT2D eigenvalue weighted by molar-refractivity contribution is 0.417. The van der Waals surface area contributed by atoms with Crippen LogP contribution >= 0.6 is 23.8 Å². The minimum absolute atomic E-state index is 0.649. The Morgan fingerprint density at radius 3 is 2.58 bits per heavy atom. The fraction of sp³-hybridized carbons (Fsp3) is 0.207. The van der Waals surface area contributed by atoms with Crippen LogP contribution in [0.2, 0.25) is 5.02 Å². The van der Waals surface area contributed by atoms with E-state index in [4.69, 9.17) is 29.1 Å². The molecule has 1 heterocycles. The van der Waals surface area contributed by atoms with Gasteiger partial charge in [-0.2, -0.15) is 5.26 Å². The molecule has 1 N–H and O–H groups in total. The fourth-order valence-electron chi connectivity index (χ4n) is 3.95. The molecule has 0 atom stereocenters. The molecule has 0 unspecified atom stereocenters. The number of thiocarbonyl (C=S) groups is 1. The van der Waals surface area contributed by atoms with E-state index >= 15 is 0 Å². The van der Waals surface area contributed by atoms with Gasteiger partial charge in [-0.3, -0.25) is 0 Å². The maximum absolute atomic E-state index is 9.05. The summed E-state index contributed by atoms with van der Waals surface area (Å²) in [6, 6.07) is 24.1. The minimum Gasteiger partial charge on any atom is -0.344 e. The molecule has 36 heavy (non-hydrogen) atoms. The molecule has 0 bridgehead atoms. The Kier molecular flexibility index (Phi) is 8.37. The van der Waals surface area contributed by atoms with Crippen LogP contribution in [-0.4, -0.2) is 26.1 Å². The van der Waals surface area contributed by atoms with Crippen LogP contribution in [0.3, 0.4) is 0 Å². The van der Waals surface area contributed by atoms with Crippen molar-refractivity contribution in [3.8, 4) is 6.07 Å². The average molecular weight is 514 g/mol. The van der Waals surface area contributed by atoms with E-state index in [1.807, 2.05) is 61.9 Å². The Bertz CT molecular complexity index is 1390. The molecular formula is C29H28ClN5S. The zero-order valence-electron chi connectivity index (χ0n) is 20.4. The third-order valence-electron chi connectivity index (χ3n) is 6.21. The number of nitriles is 1. The average Bonchev–Trinajstić information content (AvgIpc) is 3.32. The van der Waals surface area contributed by atoms with Crippen molar-refractivity contribution in [2.75, 3.05) is 11.9 Å². The topological polar surface area (TPSA) is 56.9 Å². The van der Waals surface area contributed by atoms with Crippen molar-refractivity contribution in [2.45, 2.75) is 33.4 Å². The van der Waals surface area contributed by atoms with Crippen LogP contribution in [0.5, 0.6) is 0 Å². The predicted octanol–water partition coefficient (Wildman–Crippen LogP) is 6.52. The summed E-state index contributed by atoms with van der Waals surface area (Å²) in [5, 5.41) is 13.8. The van der Waals surface area contributed by atoms with Gasteiger partial charge in [0, 0.05) is 48.7 Å². The van der Waals surface area contributed by atoms with Gasteiger partial charge in [0.2, 0.25) is 0 Å². The van der Waals surface area contributed by atoms with Crippen LogP contribution in [0.4, 0.5) is 5.69 Å². The number of anilines is 1. The lowest BCUT2D eigenvalue weighted by Gasteiger charge is -2.27. The van der Waals surface area contributed by atoms with E-state index in [2.05, 4.69) is 57.0 Å². The maximum Gasteiger partial charge on any atom is 0.173 e. The smallest absolute Gasteiger partial charge is 0.173 e. The summed E-state index contributed by atoms with van der Waals surface area (Å²) in [6.07, 6.45) is 4.54. The van der Waals surface area contributed by atoms with Crippen LogP contribution in [0.1, 0.15) is 33.5 Å². The summed E-state index contributed by atoms with van der Waals surface area (Å²) in [4.78, 5) is 6.57. The Hall–Kier alpha value is -3.66. The van der Waals surface area contributed by atoms with Crippen molar-refractivity contribution in [2.24, 2.45) is 0 Å². The highest BCUT2D eigenvalue weighted by molar-refractivity contribution is 7.80. The molecule has 0 aliphatic heterocycles. The summed E-state index contributed by atoms with van der Waals surface area (Å²) in [6.45, 7) is 6.22. The quantitative estimate of drug-likeness (QED) is 0.272. The first-order valence-electron chi connectivity index (χ1n) is 11.8. The van der Waals surface area contributed by atoms with Gasteiger partial charge in [-0.15, -0.1) is 0 Å². The molecule has 0 amide bonds. The minimum atomic E-state index is 0.649. The number of imidazole rings is 1. The molecular weight excluding hydrogens is 486 g/mol. The van der Waals surface area contributed by atoms with Crippen molar-refractivity contribution >= 4 is 34.6 Å². The van der Waals surface area contributed by atoms with Gasteiger partial charge >= 0.3 is 0 Å². The first-order valence-corrected chi connectivity index (χ1v) is 12.6. The molecule has 4 aromatic rings. The van der Waals surface area contributed by atoms with E-state index in [1.165, 1.54) is 11.1 Å². The number of nitrogens with zero attached hydrogens (tertiary/aromatic N) is 4. The van der Waals surface area contributed by atoms with Gasteiger partial charge in [-0.25, -0.2) is 4.98 Å². The number of benzene rings is 3. The van der Waals surface area contributed by atoms with E-state index in [0.29, 0.717) is 28.8 Å². The Morgan fingerprint density at radius 1 is 1.08 bits per heavy atom. The van der Waals surface area contributed by atoms with Crippen molar-refractivity contribution in [1.82, 2.24) is 14.5 Å². The number of hydrogen-bond donors (Lipinski definition) is 1. The molecule has 0 aliphatic rings. The Morgan fingerprint density at radius 2 is 1.86 bits per heavy atom. The van der Waals surface area contributed by atoms with Crippen LogP contribution in [0.25, 0.3) is 0 Å². The third kappa shape index (κ3) is 6.51. The number of halogens is 1. The zero-order chi connectivity index (χ0) is 25.5. The van der Waals surface area contributed by atoms with E-state index < -0.39 is 0 Å². The van der Waals surface area contributed by atoms with Crippen LogP contribution in [-0.2, 0) is 19.5 Å². The van der Waals surface area contributed by atoms with Crippen LogP contribution in [0.15, 0.2) is 79.3 Å². The highest BCUT2D eigenvalue weighted by atomic mass is 35.5. The second kappa shape index (κ2) is 11.9. The van der Waals surface area contributed by atoms with Gasteiger partial charge in [-0.1, -0.05) is 54.1 Å². The molecule has 0 saturated carbocycles. The number of hydrogen-bond acceptors (Lipinski definition) is 3. The van der Waals surface area contributed by atoms with E-state index in [0.717, 1.165) is 35.5 Å². The number of rotatable bonds is 8. The summed E-state index contributed by atoms with van der Waals surface area (Å²) in [5.41, 5.74) is 7.27. The monoisotopic (exact) mass is 513 g/mol. The molecule has 0 radical (unpaired) electrons. The predicted molar refractivity (Wildman–Crippen MR) is 150 cm³/mol. The van der Waals surface area contributed by atoms with Crippen molar-refractivity contribution < 1.29 is 0 Å². The van der Waals surface area contributed by atoms with E-state index in [9.17, 15) is 0 Å². The zero-order valence-corrected chi connectivity index (χ0v) is 22.0. The van der Waals surface area contributed by atoms with E-state index in [1.54, 1.807) is 0 Å². The largest absolute Gasteiger partial charge is 0.344 e. The molecule has 7 heteroatoms. The molecule has 3 aromatic carbocycles. The molecule has 0 spiro atoms. The Balaban J connectivity index is 1.50. The molecule has 5 nitrogen and oxygen atoms in total. The van der Waals surface area contributed by atoms with E-state index in [-0.39, 0.29) is 0 Å². The van der Waals surface area contributed by atoms with Crippen LogP contribution in [0, 0.1) is 25.2 Å². The summed E-state index contributed by atoms with van der Waals surface area (Å²) in [5.74, 6) is 0. The maximum atomic E-state index is 9.05. The highest BCUT2D eigenvalue weighted by Gasteiger charge is 2.14. The van der Waals surface area contributed by atoms with Gasteiger partial charge in [0.1, 0.15) is 0 Å². The fourth-order valence-corrected chi connectivity index (χ4v) is 4.40. The van der Waals surface area contributed by atoms with Gasteiger partial charge < -0.3 is 14.8 Å². The van der Waals surface area contributed by atoms with Gasteiger partial charge in [0.25, 0.3) is 0 Å². The second-order valence-corrected chi connectivity index (χ2v) is 9.61. The van der Waals surface area contributed by atoms with Crippen LogP contribution < -0.4 is 5.32 Å². The normalized spacial score (nSPS) is 10.6. The first kappa shape index (κ1) is 25.4. The molecule has 0 aliphatic carbocycles. The van der Waals surface area contributed by atoms with Gasteiger partial charge in [-0.05, 0) is 72.6 Å². The number of aromatic nitrogens is 2. The second-order valence-electron chi connectivity index (χ2n) is 8.81. The Labute approximate surface area is 223 Å². The lowest BCUT2D eigenvalue weighted by atomic mass is 10.1. The summed E-state index contributed by atoms with van der Waals surface area (Å²) < 4.78 is 2.14. The molecule has 0 fully saturated rings. The summed E-state index contributed by atoms with van der Waals surface area (Å²) >= 11 is 12.2. The number of aryl methyl sites for hydroxylation is 2. The highest BCUT2D eigenvalue weighted by Crippen LogP contribution is 2.21. The summed E-state index contributed by atoms with van der Waals surface area (Å²) in [7, 11) is 0. The lowest BCUT2D eigenvalue weighted by Crippen LogP contribution is -2.36. The standard InChI is InChI=1S/C29H28ClN5S/c1-21-5-3-4-6-25(21)19-34(29(36)33-26-12-7-22(2)28(30)15-26)14-13-27-17-32-20-35(27)18-24-10-8-23(16-31)9-11-24/h3-12,15,17,20H,13-14,18-19H2,1-2H3,(H,33,36). The molecule has 182 valence electrons. The molecule has 0 saturated heterocycles. The third-order valence-corrected chi connectivity index (χ3v) is 6.97. The van der Waals surface area contributed by atoms with Crippen molar-refractivity contribution in [3.63, 3.8) is 0 Å². The SMILES string of the molecule is Cc1ccc(NC(=S)N(CCc2cncn2Cc2ccc(C#N)cc2)Cc2ccccc2C)cc1Cl. The molecule has 4 rings (SSSR count). The first-order chi connectivity index (χ1) is 17.4. The van der Waals surface area contributed by atoms with Gasteiger partial charge in [0.15, 0.2) is 5.11 Å². The molecule has 1 aromatic heterocycles. The number of nitrogens with one attached hydrogen (secondary N) is 1. The van der Waals surface area contributed by atoms with Gasteiger partial charge in [0.05, 0.1) is 18.0 Å². The van der Waals surface area contributed by atoms with Crippen molar-refractivity contribution in [1.29, 1.82) is 5.26 Å². The van der Waals surface area contributed by atoms with Crippen molar-refractivity contribution in [3.05, 3.63) is 118 Å².